The Bertz CT molecular complexity index is 691. The molecule has 0 saturated carbocycles. The van der Waals surface area contributed by atoms with Gasteiger partial charge in [-0.05, 0) is 30.3 Å². The Labute approximate surface area is 117 Å². The second-order valence-corrected chi connectivity index (χ2v) is 6.51. The van der Waals surface area contributed by atoms with Crippen molar-refractivity contribution in [1.29, 1.82) is 0 Å². The van der Waals surface area contributed by atoms with Gasteiger partial charge in [0, 0.05) is 0 Å². The topological polar surface area (TPSA) is 55.9 Å². The fraction of sp³-hybridized carbons (Fsp3) is 0.200. The van der Waals surface area contributed by atoms with E-state index in [1.807, 2.05) is 0 Å². The van der Waals surface area contributed by atoms with Crippen molar-refractivity contribution in [2.75, 3.05) is 13.2 Å². The van der Waals surface area contributed by atoms with Crippen molar-refractivity contribution < 1.29 is 17.9 Å². The molecule has 0 spiro atoms. The quantitative estimate of drug-likeness (QED) is 0.793. The highest BCUT2D eigenvalue weighted by Gasteiger charge is 2.23. The SMILES string of the molecule is O=S(=O)(c1ccccc1)c1cccc(OCC2CO2)c1. The van der Waals surface area contributed by atoms with E-state index in [1.54, 1.807) is 54.6 Å². The molecular weight excluding hydrogens is 276 g/mol. The van der Waals surface area contributed by atoms with Gasteiger partial charge in [0.1, 0.15) is 18.5 Å². The Morgan fingerprint density at radius 1 is 1.05 bits per heavy atom. The highest BCUT2D eigenvalue weighted by atomic mass is 32.2. The summed E-state index contributed by atoms with van der Waals surface area (Å²) in [6, 6.07) is 14.9. The van der Waals surface area contributed by atoms with Crippen molar-refractivity contribution in [3.8, 4) is 5.75 Å². The number of benzene rings is 2. The van der Waals surface area contributed by atoms with Crippen LogP contribution < -0.4 is 4.74 Å². The van der Waals surface area contributed by atoms with Gasteiger partial charge >= 0.3 is 0 Å². The summed E-state index contributed by atoms with van der Waals surface area (Å²) in [7, 11) is -3.50. The number of epoxide rings is 1. The smallest absolute Gasteiger partial charge is 0.206 e. The molecule has 5 heteroatoms. The lowest BCUT2D eigenvalue weighted by Crippen LogP contribution is -2.06. The van der Waals surface area contributed by atoms with Crippen LogP contribution in [0.2, 0.25) is 0 Å². The van der Waals surface area contributed by atoms with Crippen LogP contribution in [-0.4, -0.2) is 27.7 Å². The van der Waals surface area contributed by atoms with Crippen molar-refractivity contribution in [2.24, 2.45) is 0 Å². The van der Waals surface area contributed by atoms with Crippen LogP contribution in [-0.2, 0) is 14.6 Å². The molecule has 1 atom stereocenters. The third-order valence-corrected chi connectivity index (χ3v) is 4.77. The molecular formula is C15H14O4S. The molecule has 2 aromatic carbocycles. The Hall–Kier alpha value is -1.85. The van der Waals surface area contributed by atoms with E-state index in [2.05, 4.69) is 0 Å². The Morgan fingerprint density at radius 2 is 1.75 bits per heavy atom. The summed E-state index contributed by atoms with van der Waals surface area (Å²) in [5.41, 5.74) is 0. The normalized spacial score (nSPS) is 17.7. The van der Waals surface area contributed by atoms with E-state index in [0.29, 0.717) is 19.0 Å². The van der Waals surface area contributed by atoms with E-state index in [4.69, 9.17) is 9.47 Å². The summed E-state index contributed by atoms with van der Waals surface area (Å²) in [5, 5.41) is 0. The van der Waals surface area contributed by atoms with Crippen molar-refractivity contribution >= 4 is 9.84 Å². The second-order valence-electron chi connectivity index (χ2n) is 4.56. The predicted molar refractivity (Wildman–Crippen MR) is 73.6 cm³/mol. The zero-order chi connectivity index (χ0) is 14.0. The molecule has 1 heterocycles. The number of sulfone groups is 1. The number of hydrogen-bond acceptors (Lipinski definition) is 4. The van der Waals surface area contributed by atoms with E-state index < -0.39 is 9.84 Å². The standard InChI is InChI=1S/C15H14O4S/c16-20(17,14-6-2-1-3-7-14)15-8-4-5-12(9-15)18-10-13-11-19-13/h1-9,13H,10-11H2. The molecule has 1 saturated heterocycles. The van der Waals surface area contributed by atoms with Gasteiger partial charge in [-0.3, -0.25) is 0 Å². The number of rotatable bonds is 5. The first-order valence-electron chi connectivity index (χ1n) is 6.31. The van der Waals surface area contributed by atoms with Crippen LogP contribution in [0.5, 0.6) is 5.75 Å². The molecule has 0 bridgehead atoms. The maximum atomic E-state index is 12.5. The van der Waals surface area contributed by atoms with Gasteiger partial charge in [-0.2, -0.15) is 0 Å². The van der Waals surface area contributed by atoms with E-state index >= 15 is 0 Å². The largest absolute Gasteiger partial charge is 0.491 e. The minimum Gasteiger partial charge on any atom is -0.491 e. The first-order valence-corrected chi connectivity index (χ1v) is 7.79. The molecule has 0 aromatic heterocycles. The lowest BCUT2D eigenvalue weighted by atomic mass is 10.3. The lowest BCUT2D eigenvalue weighted by molar-refractivity contribution is 0.262. The van der Waals surface area contributed by atoms with Crippen molar-refractivity contribution in [3.63, 3.8) is 0 Å². The molecule has 4 nitrogen and oxygen atoms in total. The van der Waals surface area contributed by atoms with E-state index in [-0.39, 0.29) is 15.9 Å². The van der Waals surface area contributed by atoms with Gasteiger partial charge in [-0.1, -0.05) is 24.3 Å². The molecule has 1 fully saturated rings. The average molecular weight is 290 g/mol. The third-order valence-electron chi connectivity index (χ3n) is 3.01. The summed E-state index contributed by atoms with van der Waals surface area (Å²) < 4.78 is 35.5. The van der Waals surface area contributed by atoms with Crippen molar-refractivity contribution in [1.82, 2.24) is 0 Å². The van der Waals surface area contributed by atoms with Crippen LogP contribution in [0.1, 0.15) is 0 Å². The van der Waals surface area contributed by atoms with E-state index in [1.165, 1.54) is 0 Å². The van der Waals surface area contributed by atoms with Gasteiger partial charge in [-0.15, -0.1) is 0 Å². The molecule has 0 aliphatic carbocycles. The van der Waals surface area contributed by atoms with Gasteiger partial charge in [0.05, 0.1) is 16.4 Å². The van der Waals surface area contributed by atoms with Crippen LogP contribution in [0.25, 0.3) is 0 Å². The molecule has 20 heavy (non-hydrogen) atoms. The summed E-state index contributed by atoms with van der Waals surface area (Å²) in [5.74, 6) is 0.539. The van der Waals surface area contributed by atoms with E-state index in [9.17, 15) is 8.42 Å². The molecule has 1 unspecified atom stereocenters. The highest BCUT2D eigenvalue weighted by Crippen LogP contribution is 2.24. The molecule has 0 radical (unpaired) electrons. The van der Waals surface area contributed by atoms with Crippen molar-refractivity contribution in [2.45, 2.75) is 15.9 Å². The summed E-state index contributed by atoms with van der Waals surface area (Å²) in [4.78, 5) is 0.514. The highest BCUT2D eigenvalue weighted by molar-refractivity contribution is 7.91. The maximum absolute atomic E-state index is 12.5. The summed E-state index contributed by atoms with van der Waals surface area (Å²) >= 11 is 0. The zero-order valence-corrected chi connectivity index (χ0v) is 11.5. The van der Waals surface area contributed by atoms with Gasteiger partial charge < -0.3 is 9.47 Å². The molecule has 104 valence electrons. The minimum absolute atomic E-state index is 0.143. The fourth-order valence-electron chi connectivity index (χ4n) is 1.82. The predicted octanol–water partition coefficient (Wildman–Crippen LogP) is 2.30. The molecule has 1 aliphatic rings. The summed E-state index contributed by atoms with van der Waals surface area (Å²) in [6.07, 6.45) is 0.143. The first-order chi connectivity index (χ1) is 9.66. The van der Waals surface area contributed by atoms with E-state index in [0.717, 1.165) is 0 Å². The maximum Gasteiger partial charge on any atom is 0.206 e. The first kappa shape index (κ1) is 13.1. The van der Waals surface area contributed by atoms with Crippen LogP contribution >= 0.6 is 0 Å². The van der Waals surface area contributed by atoms with Gasteiger partial charge in [-0.25, -0.2) is 8.42 Å². The van der Waals surface area contributed by atoms with Crippen LogP contribution in [0.3, 0.4) is 0 Å². The average Bonchev–Trinajstić information content (AvgIpc) is 3.31. The Morgan fingerprint density at radius 3 is 2.45 bits per heavy atom. The number of hydrogen-bond donors (Lipinski definition) is 0. The molecule has 3 rings (SSSR count). The minimum atomic E-state index is -3.50. The van der Waals surface area contributed by atoms with Gasteiger partial charge in [0.25, 0.3) is 0 Å². The molecule has 2 aromatic rings. The summed E-state index contributed by atoms with van der Waals surface area (Å²) in [6.45, 7) is 1.16. The Kier molecular flexibility index (Phi) is 3.46. The van der Waals surface area contributed by atoms with Gasteiger partial charge in [0.15, 0.2) is 0 Å². The monoisotopic (exact) mass is 290 g/mol. The zero-order valence-electron chi connectivity index (χ0n) is 10.7. The van der Waals surface area contributed by atoms with Crippen LogP contribution in [0.4, 0.5) is 0 Å². The van der Waals surface area contributed by atoms with Gasteiger partial charge in [0.2, 0.25) is 9.84 Å². The second kappa shape index (κ2) is 5.26. The van der Waals surface area contributed by atoms with Crippen molar-refractivity contribution in [3.05, 3.63) is 54.6 Å². The number of ether oxygens (including phenoxy) is 2. The lowest BCUT2D eigenvalue weighted by Gasteiger charge is -2.08. The Balaban J connectivity index is 1.87. The molecule has 0 N–H and O–H groups in total. The molecule has 1 aliphatic heterocycles. The molecule has 0 amide bonds. The van der Waals surface area contributed by atoms with Crippen LogP contribution in [0.15, 0.2) is 64.4 Å². The fourth-order valence-corrected chi connectivity index (χ4v) is 3.14. The van der Waals surface area contributed by atoms with Crippen LogP contribution in [0, 0.1) is 0 Å². The third kappa shape index (κ3) is 2.84.